The minimum atomic E-state index is -0.912. The molecule has 1 heterocycles. The summed E-state index contributed by atoms with van der Waals surface area (Å²) in [6, 6.07) is 2.25. The van der Waals surface area contributed by atoms with E-state index in [1.807, 2.05) is 0 Å². The fourth-order valence-electron chi connectivity index (χ4n) is 2.65. The summed E-state index contributed by atoms with van der Waals surface area (Å²) in [4.78, 5) is 26.1. The predicted octanol–water partition coefficient (Wildman–Crippen LogP) is 2.24. The third kappa shape index (κ3) is 2.52. The molecule has 5 heteroatoms. The van der Waals surface area contributed by atoms with Crippen LogP contribution in [0.15, 0.2) is 11.4 Å². The molecule has 102 valence electrons. The molecule has 0 unspecified atom stereocenters. The van der Waals surface area contributed by atoms with E-state index >= 15 is 0 Å². The zero-order valence-corrected chi connectivity index (χ0v) is 11.7. The SMILES string of the molecule is Cc1ccsc1[C@@H]1C[C@H]1C(=O)N(CC(=O)O)C1CC1. The monoisotopic (exact) mass is 279 g/mol. The molecule has 2 atom stereocenters. The van der Waals surface area contributed by atoms with Crippen molar-refractivity contribution in [3.05, 3.63) is 21.9 Å². The average molecular weight is 279 g/mol. The molecule has 0 radical (unpaired) electrons. The van der Waals surface area contributed by atoms with E-state index in [2.05, 4.69) is 18.4 Å². The number of aryl methyl sites for hydroxylation is 1. The highest BCUT2D eigenvalue weighted by molar-refractivity contribution is 7.10. The summed E-state index contributed by atoms with van der Waals surface area (Å²) in [6.07, 6.45) is 2.78. The normalized spacial score (nSPS) is 25.1. The molecule has 2 fully saturated rings. The molecule has 1 aromatic rings. The molecular weight excluding hydrogens is 262 g/mol. The summed E-state index contributed by atoms with van der Waals surface area (Å²) in [6.45, 7) is 1.93. The lowest BCUT2D eigenvalue weighted by Gasteiger charge is -2.20. The van der Waals surface area contributed by atoms with Gasteiger partial charge in [-0.05, 0) is 43.2 Å². The van der Waals surface area contributed by atoms with E-state index < -0.39 is 5.97 Å². The summed E-state index contributed by atoms with van der Waals surface area (Å²) >= 11 is 1.70. The third-order valence-electron chi connectivity index (χ3n) is 3.92. The lowest BCUT2D eigenvalue weighted by atomic mass is 10.2. The Labute approximate surface area is 116 Å². The molecule has 1 aromatic heterocycles. The first-order valence-electron chi connectivity index (χ1n) is 6.64. The van der Waals surface area contributed by atoms with Crippen molar-refractivity contribution in [2.75, 3.05) is 6.54 Å². The fraction of sp³-hybridized carbons (Fsp3) is 0.571. The van der Waals surface area contributed by atoms with Gasteiger partial charge < -0.3 is 10.0 Å². The molecule has 0 aliphatic heterocycles. The van der Waals surface area contributed by atoms with Gasteiger partial charge in [0.25, 0.3) is 0 Å². The van der Waals surface area contributed by atoms with E-state index in [1.54, 1.807) is 16.2 Å². The lowest BCUT2D eigenvalue weighted by molar-refractivity contribution is -0.145. The lowest BCUT2D eigenvalue weighted by Crippen LogP contribution is -2.38. The van der Waals surface area contributed by atoms with Crippen LogP contribution in [0.25, 0.3) is 0 Å². The molecule has 2 aliphatic rings. The minimum absolute atomic E-state index is 0.0114. The number of amides is 1. The van der Waals surface area contributed by atoms with Crippen molar-refractivity contribution < 1.29 is 14.7 Å². The van der Waals surface area contributed by atoms with Crippen molar-refractivity contribution in [2.24, 2.45) is 5.92 Å². The van der Waals surface area contributed by atoms with E-state index in [0.29, 0.717) is 5.92 Å². The molecule has 4 nitrogen and oxygen atoms in total. The number of carbonyl (C=O) groups is 2. The number of hydrogen-bond donors (Lipinski definition) is 1. The Morgan fingerprint density at radius 1 is 1.47 bits per heavy atom. The van der Waals surface area contributed by atoms with E-state index in [4.69, 9.17) is 5.11 Å². The molecule has 2 aliphatic carbocycles. The van der Waals surface area contributed by atoms with Crippen LogP contribution in [0.5, 0.6) is 0 Å². The molecule has 2 saturated carbocycles. The maximum absolute atomic E-state index is 12.4. The standard InChI is InChI=1S/C14H17NO3S/c1-8-4-5-19-13(8)10-6-11(10)14(18)15(7-12(16)17)9-2-3-9/h4-5,9-11H,2-3,6-7H2,1H3,(H,16,17)/t10-,11-/m1/s1. The maximum atomic E-state index is 12.4. The molecule has 3 rings (SSSR count). The highest BCUT2D eigenvalue weighted by Gasteiger charge is 2.49. The molecule has 0 bridgehead atoms. The van der Waals surface area contributed by atoms with Crippen LogP contribution in [0, 0.1) is 12.8 Å². The number of aliphatic carboxylic acids is 1. The van der Waals surface area contributed by atoms with Crippen molar-refractivity contribution in [3.63, 3.8) is 0 Å². The van der Waals surface area contributed by atoms with Crippen molar-refractivity contribution in [3.8, 4) is 0 Å². The number of carboxylic acids is 1. The Balaban J connectivity index is 1.68. The predicted molar refractivity (Wildman–Crippen MR) is 72.3 cm³/mol. The van der Waals surface area contributed by atoms with Crippen molar-refractivity contribution >= 4 is 23.2 Å². The molecule has 19 heavy (non-hydrogen) atoms. The Bertz CT molecular complexity index is 521. The second kappa shape index (κ2) is 4.63. The van der Waals surface area contributed by atoms with Gasteiger partial charge in [0.05, 0.1) is 0 Å². The summed E-state index contributed by atoms with van der Waals surface area (Å²) in [5.74, 6) is -0.535. The highest BCUT2D eigenvalue weighted by Crippen LogP contribution is 2.51. The molecule has 0 saturated heterocycles. The number of thiophene rings is 1. The van der Waals surface area contributed by atoms with E-state index in [-0.39, 0.29) is 24.4 Å². The zero-order valence-electron chi connectivity index (χ0n) is 10.8. The van der Waals surface area contributed by atoms with Crippen molar-refractivity contribution in [1.82, 2.24) is 4.90 Å². The van der Waals surface area contributed by atoms with E-state index in [1.165, 1.54) is 10.4 Å². The van der Waals surface area contributed by atoms with Crippen LogP contribution >= 0.6 is 11.3 Å². The van der Waals surface area contributed by atoms with Gasteiger partial charge in [0.1, 0.15) is 6.54 Å². The van der Waals surface area contributed by atoms with Gasteiger partial charge in [-0.2, -0.15) is 0 Å². The quantitative estimate of drug-likeness (QED) is 0.899. The van der Waals surface area contributed by atoms with Gasteiger partial charge in [-0.25, -0.2) is 0 Å². The Morgan fingerprint density at radius 3 is 2.74 bits per heavy atom. The highest BCUT2D eigenvalue weighted by atomic mass is 32.1. The van der Waals surface area contributed by atoms with Crippen LogP contribution in [0.4, 0.5) is 0 Å². The molecule has 1 N–H and O–H groups in total. The number of rotatable bonds is 5. The fourth-order valence-corrected chi connectivity index (χ4v) is 3.76. The molecule has 0 aromatic carbocycles. The van der Waals surface area contributed by atoms with Gasteiger partial charge in [0, 0.05) is 22.8 Å². The van der Waals surface area contributed by atoms with Crippen LogP contribution in [0.1, 0.15) is 35.6 Å². The topological polar surface area (TPSA) is 57.6 Å². The van der Waals surface area contributed by atoms with E-state index in [0.717, 1.165) is 19.3 Å². The number of nitrogens with zero attached hydrogens (tertiary/aromatic N) is 1. The van der Waals surface area contributed by atoms with Gasteiger partial charge in [-0.1, -0.05) is 0 Å². The Morgan fingerprint density at radius 2 is 2.21 bits per heavy atom. The number of hydrogen-bond acceptors (Lipinski definition) is 3. The molecule has 0 spiro atoms. The van der Waals surface area contributed by atoms with Crippen LogP contribution in [-0.2, 0) is 9.59 Å². The van der Waals surface area contributed by atoms with Gasteiger partial charge in [-0.15, -0.1) is 11.3 Å². The zero-order chi connectivity index (χ0) is 13.6. The number of carbonyl (C=O) groups excluding carboxylic acids is 1. The van der Waals surface area contributed by atoms with E-state index in [9.17, 15) is 9.59 Å². The van der Waals surface area contributed by atoms with Crippen LogP contribution in [0.3, 0.4) is 0 Å². The third-order valence-corrected chi connectivity index (χ3v) is 5.07. The first kappa shape index (κ1) is 12.7. The Kier molecular flexibility index (Phi) is 3.09. The second-order valence-electron chi connectivity index (χ2n) is 5.51. The van der Waals surface area contributed by atoms with Gasteiger partial charge >= 0.3 is 5.97 Å². The Hall–Kier alpha value is -1.36. The van der Waals surface area contributed by atoms with Crippen LogP contribution in [-0.4, -0.2) is 34.5 Å². The summed E-state index contributed by atoms with van der Waals surface area (Å²) < 4.78 is 0. The van der Waals surface area contributed by atoms with Crippen molar-refractivity contribution in [2.45, 2.75) is 38.1 Å². The summed E-state index contributed by atoms with van der Waals surface area (Å²) in [5.41, 5.74) is 1.25. The first-order chi connectivity index (χ1) is 9.08. The second-order valence-corrected chi connectivity index (χ2v) is 6.46. The first-order valence-corrected chi connectivity index (χ1v) is 7.52. The average Bonchev–Trinajstić information content (AvgIpc) is 3.25. The van der Waals surface area contributed by atoms with Gasteiger partial charge in [-0.3, -0.25) is 9.59 Å². The largest absolute Gasteiger partial charge is 0.480 e. The minimum Gasteiger partial charge on any atom is -0.480 e. The number of carboxylic acid groups (broad SMARTS) is 1. The summed E-state index contributed by atoms with van der Waals surface area (Å²) in [7, 11) is 0. The summed E-state index contributed by atoms with van der Waals surface area (Å²) in [5, 5.41) is 11.0. The van der Waals surface area contributed by atoms with Crippen LogP contribution < -0.4 is 0 Å². The van der Waals surface area contributed by atoms with Crippen molar-refractivity contribution in [1.29, 1.82) is 0 Å². The van der Waals surface area contributed by atoms with Gasteiger partial charge in [0.15, 0.2) is 0 Å². The smallest absolute Gasteiger partial charge is 0.323 e. The molecular formula is C14H17NO3S. The van der Waals surface area contributed by atoms with Gasteiger partial charge in [0.2, 0.25) is 5.91 Å². The molecule has 1 amide bonds. The van der Waals surface area contributed by atoms with Crippen LogP contribution in [0.2, 0.25) is 0 Å². The maximum Gasteiger partial charge on any atom is 0.323 e.